The van der Waals surface area contributed by atoms with Gasteiger partial charge in [0.25, 0.3) is 0 Å². The second kappa shape index (κ2) is 32.1. The van der Waals surface area contributed by atoms with Gasteiger partial charge in [0.05, 0.1) is 0 Å². The summed E-state index contributed by atoms with van der Waals surface area (Å²) < 4.78 is 71.9. The molecule has 0 amide bonds. The largest absolute Gasteiger partial charge is 3.00 e. The van der Waals surface area contributed by atoms with E-state index in [0.29, 0.717) is 33.4 Å². The molecule has 0 saturated carbocycles. The van der Waals surface area contributed by atoms with Crippen LogP contribution in [0.1, 0.15) is 66.8 Å². The van der Waals surface area contributed by atoms with E-state index >= 15 is 0 Å². The van der Waals surface area contributed by atoms with Crippen LogP contribution in [0.15, 0.2) is 291 Å². The smallest absolute Gasteiger partial charge is 0.736 e. The standard InChI is InChI=1S/3C36H29O4P.Sc/c3*1-21-7-5-8-22(2)33(21)27-11-15-29-25(19-27)13-17-31-35(29)36-30-16-12-28(34-23(3)9-6-10-24(34)4)20-26(30)14-18-32(36)40-41(37,38)39-31;/h3*5-20H,1-4H3,(H,37,38);/q;;;+3/p-3. The molecule has 0 spiro atoms. The first-order chi connectivity index (χ1) is 59.1. The van der Waals surface area contributed by atoms with E-state index in [4.69, 9.17) is 27.1 Å². The van der Waals surface area contributed by atoms with Crippen molar-refractivity contribution in [2.45, 2.75) is 83.1 Å². The summed E-state index contributed by atoms with van der Waals surface area (Å²) in [4.78, 5) is 38.6. The third-order valence-electron chi connectivity index (χ3n) is 24.5. The normalized spacial score (nSPS) is 13.6. The van der Waals surface area contributed by atoms with E-state index in [1.165, 1.54) is 100 Å². The number of phosphoric acid groups is 3. The molecule has 0 aliphatic carbocycles. The van der Waals surface area contributed by atoms with Crippen molar-refractivity contribution >= 4 is 88.1 Å². The fourth-order valence-electron chi connectivity index (χ4n) is 19.2. The van der Waals surface area contributed by atoms with E-state index in [1.807, 2.05) is 36.4 Å². The number of fused-ring (bicyclic) bond motifs is 21. The summed E-state index contributed by atoms with van der Waals surface area (Å²) in [5, 5.41) is 11.3. The Kier molecular flexibility index (Phi) is 21.4. The minimum Gasteiger partial charge on any atom is -0.736 e. The molecular weight excluding hydrogens is 1630 g/mol. The van der Waals surface area contributed by atoms with Crippen molar-refractivity contribution in [2.75, 3.05) is 0 Å². The van der Waals surface area contributed by atoms with Crippen molar-refractivity contribution < 1.29 is 81.4 Å². The molecular formula is C108H84O12P3Sc. The second-order valence-corrected chi connectivity index (χ2v) is 36.5. The van der Waals surface area contributed by atoms with E-state index in [2.05, 4.69) is 301 Å². The molecule has 0 fully saturated rings. The molecule has 3 aliphatic rings. The topological polar surface area (TPSA) is 176 Å². The van der Waals surface area contributed by atoms with Crippen LogP contribution in [-0.2, 0) is 39.5 Å². The van der Waals surface area contributed by atoms with Gasteiger partial charge in [-0.05, 0) is 354 Å². The molecule has 16 heteroatoms. The van der Waals surface area contributed by atoms with Crippen LogP contribution in [0.5, 0.6) is 34.5 Å². The Hall–Kier alpha value is -12.2. The first-order valence-corrected chi connectivity index (χ1v) is 45.4. The van der Waals surface area contributed by atoms with Crippen LogP contribution in [0.4, 0.5) is 0 Å². The van der Waals surface area contributed by atoms with Crippen LogP contribution in [0.2, 0.25) is 0 Å². The van der Waals surface area contributed by atoms with Crippen molar-refractivity contribution in [1.29, 1.82) is 0 Å². The number of hydrogen-bond donors (Lipinski definition) is 0. The van der Waals surface area contributed by atoms with Gasteiger partial charge >= 0.3 is 49.3 Å². The molecule has 124 heavy (non-hydrogen) atoms. The van der Waals surface area contributed by atoms with E-state index in [9.17, 15) is 28.4 Å². The van der Waals surface area contributed by atoms with Crippen molar-refractivity contribution in [1.82, 2.24) is 0 Å². The molecule has 3 aliphatic heterocycles. The zero-order valence-electron chi connectivity index (χ0n) is 70.5. The average molecular weight is 1710 g/mol. The molecule has 0 bridgehead atoms. The van der Waals surface area contributed by atoms with Crippen LogP contribution in [0.25, 0.3) is 165 Å². The maximum absolute atomic E-state index is 12.9. The Labute approximate surface area is 739 Å². The summed E-state index contributed by atoms with van der Waals surface area (Å²) >= 11 is 0. The third kappa shape index (κ3) is 15.0. The average Bonchev–Trinajstić information content (AvgIpc) is 1.59. The summed E-state index contributed by atoms with van der Waals surface area (Å²) in [6, 6.07) is 97.8. The molecule has 3 heterocycles. The SMILES string of the molecule is Cc1cccc(C)c1-c1ccc2c3c(ccc2c1)OP(=O)([O-])Oc1ccc2cc(-c4c(C)cccc4C)ccc2c1-3.Cc1cccc(C)c1-c1ccc2c3c(ccc2c1)OP(=O)([O-])Oc1ccc2cc(-c4c(C)cccc4C)ccc2c1-3.Cc1cccc(C)c1-c1ccc2c3c(ccc2c1)OP(=O)([O-])Oc1ccc2cc(-c4c(C)cccc4C)ccc2c1-3.[Sc+3]. The van der Waals surface area contributed by atoms with Gasteiger partial charge in [-0.1, -0.05) is 218 Å². The van der Waals surface area contributed by atoms with Crippen LogP contribution < -0.4 is 41.8 Å². The molecule has 18 aromatic carbocycles. The molecule has 21 rings (SSSR count). The summed E-state index contributed by atoms with van der Waals surface area (Å²) in [6.45, 7) is 25.4. The Morgan fingerprint density at radius 3 is 0.435 bits per heavy atom. The summed E-state index contributed by atoms with van der Waals surface area (Å²) in [7, 11) is -13.9. The van der Waals surface area contributed by atoms with Crippen molar-refractivity contribution in [3.63, 3.8) is 0 Å². The Morgan fingerprint density at radius 2 is 0.306 bits per heavy atom. The number of aryl methyl sites for hydroxylation is 12. The number of benzene rings is 18. The van der Waals surface area contributed by atoms with Crippen molar-refractivity contribution in [3.05, 3.63) is 358 Å². The van der Waals surface area contributed by atoms with E-state index in [1.54, 1.807) is 36.4 Å². The monoisotopic (exact) mass is 1710 g/mol. The van der Waals surface area contributed by atoms with Gasteiger partial charge < -0.3 is 41.8 Å². The molecule has 18 aromatic rings. The minimum absolute atomic E-state index is 0. The minimum atomic E-state index is -4.64. The molecule has 0 N–H and O–H groups in total. The molecule has 0 unspecified atom stereocenters. The fraction of sp³-hybridized carbons (Fsp3) is 0.111. The number of hydrogen-bond acceptors (Lipinski definition) is 12. The summed E-state index contributed by atoms with van der Waals surface area (Å²) in [5.74, 6) is 1.59. The molecule has 12 nitrogen and oxygen atoms in total. The van der Waals surface area contributed by atoms with Crippen LogP contribution in [0, 0.1) is 83.1 Å². The zero-order chi connectivity index (χ0) is 85.4. The molecule has 0 atom stereocenters. The predicted octanol–water partition coefficient (Wildman–Crippen LogP) is 28.4. The van der Waals surface area contributed by atoms with Gasteiger partial charge in [0.15, 0.2) is 0 Å². The van der Waals surface area contributed by atoms with Gasteiger partial charge in [-0.25, -0.2) is 13.7 Å². The summed E-state index contributed by atoms with van der Waals surface area (Å²) in [6.07, 6.45) is 0. The number of rotatable bonds is 6. The molecule has 0 aromatic heterocycles. The van der Waals surface area contributed by atoms with E-state index in [0.717, 1.165) is 98.0 Å². The Morgan fingerprint density at radius 1 is 0.177 bits per heavy atom. The zero-order valence-corrected chi connectivity index (χ0v) is 75.0. The van der Waals surface area contributed by atoms with E-state index < -0.39 is 23.5 Å². The fourth-order valence-corrected chi connectivity index (χ4v) is 21.7. The first kappa shape index (κ1) is 82.7. The Bertz CT molecular complexity index is 6440. The number of phosphoric ester groups is 3. The Balaban J connectivity index is 0.000000126. The van der Waals surface area contributed by atoms with E-state index in [-0.39, 0.29) is 60.3 Å². The third-order valence-corrected chi connectivity index (χ3v) is 27.0. The van der Waals surface area contributed by atoms with Gasteiger partial charge in [-0.2, -0.15) is 0 Å². The van der Waals surface area contributed by atoms with Crippen LogP contribution in [0.3, 0.4) is 0 Å². The van der Waals surface area contributed by atoms with Crippen molar-refractivity contribution in [2.24, 2.45) is 0 Å². The first-order valence-electron chi connectivity index (χ1n) is 41.0. The molecule has 606 valence electrons. The van der Waals surface area contributed by atoms with Gasteiger partial charge in [0.2, 0.25) is 0 Å². The predicted molar refractivity (Wildman–Crippen MR) is 497 cm³/mol. The van der Waals surface area contributed by atoms with Gasteiger partial charge in [-0.3, -0.25) is 0 Å². The second-order valence-electron chi connectivity index (χ2n) is 32.7. The van der Waals surface area contributed by atoms with Gasteiger partial charge in [-0.15, -0.1) is 0 Å². The van der Waals surface area contributed by atoms with Crippen LogP contribution in [-0.4, -0.2) is 0 Å². The van der Waals surface area contributed by atoms with Gasteiger partial charge in [0.1, 0.15) is 34.5 Å². The molecule has 0 saturated heterocycles. The van der Waals surface area contributed by atoms with Gasteiger partial charge in [0, 0.05) is 33.4 Å². The quantitative estimate of drug-likeness (QED) is 0.144. The van der Waals surface area contributed by atoms with Crippen LogP contribution >= 0.6 is 23.5 Å². The van der Waals surface area contributed by atoms with Crippen molar-refractivity contribution in [3.8, 4) is 135 Å². The summed E-state index contributed by atoms with van der Waals surface area (Å²) in [5.41, 5.74) is 32.7. The maximum Gasteiger partial charge on any atom is 3.00 e. The maximum atomic E-state index is 12.9. The molecule has 0 radical (unpaired) electrons.